The minimum Gasteiger partial charge on any atom is -0.369 e. The Labute approximate surface area is 112 Å². The molecule has 1 heterocycles. The smallest absolute Gasteiger partial charge is 0.227 e. The molecule has 0 spiro atoms. The summed E-state index contributed by atoms with van der Waals surface area (Å²) in [6, 6.07) is 7.16. The molecule has 0 radical (unpaired) electrons. The van der Waals surface area contributed by atoms with Crippen LogP contribution in [-0.4, -0.2) is 26.5 Å². The van der Waals surface area contributed by atoms with Gasteiger partial charge in [0.15, 0.2) is 5.82 Å². The van der Waals surface area contributed by atoms with Gasteiger partial charge in [-0.1, -0.05) is 35.5 Å². The minimum atomic E-state index is -0.442. The molecule has 0 unspecified atom stereocenters. The number of nitrogen functional groups attached to an aromatic ring is 1. The largest absolute Gasteiger partial charge is 0.369 e. The number of carbonyl (C=O) groups excluding carboxylic acids is 1. The fourth-order valence-corrected chi connectivity index (χ4v) is 2.15. The van der Waals surface area contributed by atoms with Crippen molar-refractivity contribution in [2.75, 3.05) is 11.6 Å². The van der Waals surface area contributed by atoms with Crippen molar-refractivity contribution in [1.82, 2.24) is 14.9 Å². The maximum absolute atomic E-state index is 10.7. The Hall–Kier alpha value is -1.73. The molecule has 0 aliphatic carbocycles. The average molecular weight is 284 g/mol. The van der Waals surface area contributed by atoms with Crippen LogP contribution in [0.3, 0.4) is 0 Å². The van der Waals surface area contributed by atoms with Crippen molar-refractivity contribution in [3.63, 3.8) is 0 Å². The van der Waals surface area contributed by atoms with Gasteiger partial charge in [0.25, 0.3) is 0 Å². The summed E-state index contributed by atoms with van der Waals surface area (Å²) in [5, 5.41) is 8.78. The Bertz CT molecular complexity index is 585. The summed E-state index contributed by atoms with van der Waals surface area (Å²) in [5.41, 5.74) is 5.73. The lowest BCUT2D eigenvalue weighted by molar-refractivity contribution is -0.115. The molecule has 8 heteroatoms. The molecule has 0 saturated heterocycles. The third-order valence-electron chi connectivity index (χ3n) is 2.12. The van der Waals surface area contributed by atoms with Crippen LogP contribution in [0.25, 0.3) is 11.4 Å². The summed E-state index contributed by atoms with van der Waals surface area (Å²) in [5.74, 6) is 5.94. The van der Waals surface area contributed by atoms with Crippen LogP contribution >= 0.6 is 23.4 Å². The Morgan fingerprint density at radius 2 is 2.11 bits per heavy atom. The molecule has 94 valence electrons. The normalized spacial score (nSPS) is 10.5. The maximum Gasteiger partial charge on any atom is 0.227 e. The highest BCUT2D eigenvalue weighted by Gasteiger charge is 2.14. The first-order valence-corrected chi connectivity index (χ1v) is 6.32. The Morgan fingerprint density at radius 1 is 1.39 bits per heavy atom. The van der Waals surface area contributed by atoms with Crippen molar-refractivity contribution in [2.24, 2.45) is 5.73 Å². The summed E-state index contributed by atoms with van der Waals surface area (Å²) in [4.78, 5) is 10.7. The summed E-state index contributed by atoms with van der Waals surface area (Å²) in [6.07, 6.45) is 0. The lowest BCUT2D eigenvalue weighted by Gasteiger charge is -2.04. The second-order valence-corrected chi connectivity index (χ2v) is 4.76. The summed E-state index contributed by atoms with van der Waals surface area (Å²) in [7, 11) is 0. The molecule has 0 aliphatic heterocycles. The summed E-state index contributed by atoms with van der Waals surface area (Å²) in [6.45, 7) is 0. The van der Waals surface area contributed by atoms with Crippen molar-refractivity contribution in [1.29, 1.82) is 0 Å². The molecule has 0 fully saturated rings. The second-order valence-electron chi connectivity index (χ2n) is 3.41. The molecule has 0 bridgehead atoms. The fraction of sp³-hybridized carbons (Fsp3) is 0.100. The van der Waals surface area contributed by atoms with Crippen LogP contribution in [-0.2, 0) is 4.79 Å². The Morgan fingerprint density at radius 3 is 2.78 bits per heavy atom. The number of halogens is 1. The predicted octanol–water partition coefficient (Wildman–Crippen LogP) is 0.890. The number of nitrogens with two attached hydrogens (primary N) is 2. The van der Waals surface area contributed by atoms with E-state index in [2.05, 4.69) is 10.2 Å². The van der Waals surface area contributed by atoms with E-state index in [1.807, 2.05) is 12.1 Å². The second kappa shape index (κ2) is 5.28. The van der Waals surface area contributed by atoms with E-state index in [1.54, 1.807) is 12.1 Å². The number of hydrogen-bond acceptors (Lipinski definition) is 5. The van der Waals surface area contributed by atoms with E-state index in [-0.39, 0.29) is 5.75 Å². The number of benzene rings is 1. The van der Waals surface area contributed by atoms with E-state index in [0.717, 1.165) is 11.8 Å². The van der Waals surface area contributed by atoms with Crippen LogP contribution in [0.5, 0.6) is 0 Å². The Balaban J connectivity index is 2.31. The van der Waals surface area contributed by atoms with Gasteiger partial charge in [0.1, 0.15) is 0 Å². The molecule has 18 heavy (non-hydrogen) atoms. The summed E-state index contributed by atoms with van der Waals surface area (Å²) >= 11 is 7.17. The van der Waals surface area contributed by atoms with Gasteiger partial charge in [0.2, 0.25) is 11.1 Å². The number of aromatic nitrogens is 3. The third-order valence-corrected chi connectivity index (χ3v) is 3.42. The SMILES string of the molecule is NC(=O)CSc1nnc(-c2ccccc2Cl)n1N. The molecule has 1 amide bonds. The molecule has 2 rings (SSSR count). The molecule has 2 aromatic rings. The lowest BCUT2D eigenvalue weighted by atomic mass is 10.2. The zero-order chi connectivity index (χ0) is 13.1. The van der Waals surface area contributed by atoms with Crippen molar-refractivity contribution < 1.29 is 4.79 Å². The first-order valence-electron chi connectivity index (χ1n) is 4.96. The highest BCUT2D eigenvalue weighted by Crippen LogP contribution is 2.27. The maximum atomic E-state index is 10.7. The van der Waals surface area contributed by atoms with E-state index in [0.29, 0.717) is 21.6 Å². The minimum absolute atomic E-state index is 0.0951. The zero-order valence-electron chi connectivity index (χ0n) is 9.21. The van der Waals surface area contributed by atoms with Gasteiger partial charge in [0.05, 0.1) is 10.8 Å². The van der Waals surface area contributed by atoms with Gasteiger partial charge in [-0.15, -0.1) is 10.2 Å². The van der Waals surface area contributed by atoms with E-state index in [9.17, 15) is 4.79 Å². The van der Waals surface area contributed by atoms with Crippen LogP contribution in [0, 0.1) is 0 Å². The van der Waals surface area contributed by atoms with Gasteiger partial charge in [-0.25, -0.2) is 4.68 Å². The van der Waals surface area contributed by atoms with Crippen LogP contribution in [0.1, 0.15) is 0 Å². The zero-order valence-corrected chi connectivity index (χ0v) is 10.8. The quantitative estimate of drug-likeness (QED) is 0.641. The first kappa shape index (κ1) is 12.7. The average Bonchev–Trinajstić information content (AvgIpc) is 2.69. The van der Waals surface area contributed by atoms with Crippen molar-refractivity contribution in [2.45, 2.75) is 5.16 Å². The number of rotatable bonds is 4. The molecule has 0 saturated carbocycles. The van der Waals surface area contributed by atoms with E-state index >= 15 is 0 Å². The summed E-state index contributed by atoms with van der Waals surface area (Å²) < 4.78 is 1.29. The fourth-order valence-electron chi connectivity index (χ4n) is 1.34. The van der Waals surface area contributed by atoms with Crippen LogP contribution in [0.15, 0.2) is 29.4 Å². The van der Waals surface area contributed by atoms with Crippen molar-refractivity contribution >= 4 is 29.3 Å². The predicted molar refractivity (Wildman–Crippen MR) is 70.5 cm³/mol. The molecule has 4 N–H and O–H groups in total. The van der Waals surface area contributed by atoms with Crippen molar-refractivity contribution in [3.05, 3.63) is 29.3 Å². The van der Waals surface area contributed by atoms with E-state index < -0.39 is 5.91 Å². The van der Waals surface area contributed by atoms with Gasteiger partial charge in [-0.3, -0.25) is 4.79 Å². The van der Waals surface area contributed by atoms with Crippen LogP contribution in [0.2, 0.25) is 5.02 Å². The molecule has 0 atom stereocenters. The Kier molecular flexibility index (Phi) is 3.73. The number of amides is 1. The molecular formula is C10H10ClN5OS. The molecule has 6 nitrogen and oxygen atoms in total. The van der Waals surface area contributed by atoms with Gasteiger partial charge in [-0.2, -0.15) is 0 Å². The molecule has 0 aliphatic rings. The number of primary amides is 1. The first-order chi connectivity index (χ1) is 8.59. The topological polar surface area (TPSA) is 99.8 Å². The van der Waals surface area contributed by atoms with E-state index in [1.165, 1.54) is 4.68 Å². The van der Waals surface area contributed by atoms with Crippen LogP contribution in [0.4, 0.5) is 0 Å². The van der Waals surface area contributed by atoms with Crippen molar-refractivity contribution in [3.8, 4) is 11.4 Å². The molecule has 1 aromatic carbocycles. The number of nitrogens with zero attached hydrogens (tertiary/aromatic N) is 3. The highest BCUT2D eigenvalue weighted by molar-refractivity contribution is 7.99. The number of hydrogen-bond donors (Lipinski definition) is 2. The molecular weight excluding hydrogens is 274 g/mol. The van der Waals surface area contributed by atoms with Gasteiger partial charge < -0.3 is 11.6 Å². The van der Waals surface area contributed by atoms with Crippen LogP contribution < -0.4 is 11.6 Å². The van der Waals surface area contributed by atoms with Gasteiger partial charge in [-0.05, 0) is 12.1 Å². The number of carbonyl (C=O) groups is 1. The standard InChI is InChI=1S/C10H10ClN5OS/c11-7-4-2-1-3-6(7)9-14-15-10(16(9)13)18-5-8(12)17/h1-4H,5,13H2,(H2,12,17). The monoisotopic (exact) mass is 283 g/mol. The third kappa shape index (κ3) is 2.57. The highest BCUT2D eigenvalue weighted by atomic mass is 35.5. The number of thioether (sulfide) groups is 1. The van der Waals surface area contributed by atoms with Gasteiger partial charge in [0, 0.05) is 5.56 Å². The van der Waals surface area contributed by atoms with Gasteiger partial charge >= 0.3 is 0 Å². The molecule has 1 aromatic heterocycles. The lowest BCUT2D eigenvalue weighted by Crippen LogP contribution is -2.16. The van der Waals surface area contributed by atoms with E-state index in [4.69, 9.17) is 23.2 Å².